The van der Waals surface area contributed by atoms with E-state index in [1.165, 1.54) is 0 Å². The monoisotopic (exact) mass is 147 g/mol. The van der Waals surface area contributed by atoms with Crippen LogP contribution < -0.4 is 16.6 Å². The van der Waals surface area contributed by atoms with Crippen molar-refractivity contribution >= 4 is 17.3 Å². The molecule has 0 radical (unpaired) electrons. The van der Waals surface area contributed by atoms with E-state index in [1.54, 1.807) is 0 Å². The predicted octanol–water partition coefficient (Wildman–Crippen LogP) is 0.123. The van der Waals surface area contributed by atoms with Crippen molar-refractivity contribution < 1.29 is 0 Å². The van der Waals surface area contributed by atoms with E-state index in [1.807, 2.05) is 6.92 Å². The van der Waals surface area contributed by atoms with Crippen molar-refractivity contribution in [3.8, 4) is 0 Å². The summed E-state index contributed by atoms with van der Waals surface area (Å²) in [4.78, 5) is 0. The highest BCUT2D eigenvalue weighted by Crippen LogP contribution is 1.85. The molecule has 1 unspecified atom stereocenters. The maximum atomic E-state index is 5.02. The first-order valence-corrected chi connectivity index (χ1v) is 3.38. The van der Waals surface area contributed by atoms with Gasteiger partial charge in [0.1, 0.15) is 0 Å². The summed E-state index contributed by atoms with van der Waals surface area (Å²) in [7, 11) is 0. The Balaban J connectivity index is 3.34. The van der Waals surface area contributed by atoms with Crippen LogP contribution in [0.5, 0.6) is 0 Å². The molecule has 0 rings (SSSR count). The number of thiocarbonyl (C=S) groups is 1. The minimum absolute atomic E-state index is 0.397. The van der Waals surface area contributed by atoms with Crippen LogP contribution in [0.1, 0.15) is 20.3 Å². The lowest BCUT2D eigenvalue weighted by atomic mass is 10.3. The first kappa shape index (κ1) is 8.65. The fourth-order valence-electron chi connectivity index (χ4n) is 0.368. The Morgan fingerprint density at radius 1 is 1.78 bits per heavy atom. The lowest BCUT2D eigenvalue weighted by Crippen LogP contribution is -2.43. The van der Waals surface area contributed by atoms with Crippen molar-refractivity contribution in [2.24, 2.45) is 5.84 Å². The molecule has 1 atom stereocenters. The number of nitrogens with two attached hydrogens (primary N) is 1. The van der Waals surface area contributed by atoms with Gasteiger partial charge >= 0.3 is 0 Å². The SMILES string of the molecule is CCC(C)NC(=S)NN. The molecular formula is C5H13N3S. The molecule has 3 nitrogen and oxygen atoms in total. The van der Waals surface area contributed by atoms with Gasteiger partial charge in [-0.2, -0.15) is 0 Å². The van der Waals surface area contributed by atoms with Gasteiger partial charge in [0.2, 0.25) is 0 Å². The Hall–Kier alpha value is -0.350. The third-order valence-electron chi connectivity index (χ3n) is 1.12. The zero-order chi connectivity index (χ0) is 7.28. The number of hydrogen-bond donors (Lipinski definition) is 3. The van der Waals surface area contributed by atoms with Crippen molar-refractivity contribution in [1.82, 2.24) is 10.7 Å². The van der Waals surface area contributed by atoms with Crippen molar-refractivity contribution in [2.75, 3.05) is 0 Å². The van der Waals surface area contributed by atoms with Gasteiger partial charge in [-0.05, 0) is 25.6 Å². The average molecular weight is 147 g/mol. The molecule has 0 amide bonds. The highest BCUT2D eigenvalue weighted by molar-refractivity contribution is 7.80. The summed E-state index contributed by atoms with van der Waals surface area (Å²) in [6.45, 7) is 4.13. The lowest BCUT2D eigenvalue weighted by Gasteiger charge is -2.11. The van der Waals surface area contributed by atoms with Crippen LogP contribution in [-0.2, 0) is 0 Å². The number of hydrazine groups is 1. The van der Waals surface area contributed by atoms with Gasteiger partial charge in [-0.3, -0.25) is 0 Å². The van der Waals surface area contributed by atoms with Gasteiger partial charge < -0.3 is 10.7 Å². The molecular weight excluding hydrogens is 134 g/mol. The first-order chi connectivity index (χ1) is 4.20. The second-order valence-corrected chi connectivity index (χ2v) is 2.34. The zero-order valence-electron chi connectivity index (χ0n) is 5.77. The summed E-state index contributed by atoms with van der Waals surface area (Å²) < 4.78 is 0. The highest BCUT2D eigenvalue weighted by atomic mass is 32.1. The largest absolute Gasteiger partial charge is 0.359 e. The Labute approximate surface area is 61.0 Å². The Bertz CT molecular complexity index is 94.2. The van der Waals surface area contributed by atoms with Gasteiger partial charge in [0.25, 0.3) is 0 Å². The van der Waals surface area contributed by atoms with Gasteiger partial charge in [0, 0.05) is 6.04 Å². The molecule has 0 aliphatic carbocycles. The second kappa shape index (κ2) is 4.52. The molecule has 0 aromatic carbocycles. The van der Waals surface area contributed by atoms with Crippen LogP contribution in [0.4, 0.5) is 0 Å². The summed E-state index contributed by atoms with van der Waals surface area (Å²) in [6, 6.07) is 0.397. The lowest BCUT2D eigenvalue weighted by molar-refractivity contribution is 0.634. The summed E-state index contributed by atoms with van der Waals surface area (Å²) in [6.07, 6.45) is 1.04. The molecule has 0 bridgehead atoms. The maximum Gasteiger partial charge on any atom is 0.180 e. The highest BCUT2D eigenvalue weighted by Gasteiger charge is 1.96. The molecule has 4 heteroatoms. The van der Waals surface area contributed by atoms with Crippen molar-refractivity contribution in [1.29, 1.82) is 0 Å². The first-order valence-electron chi connectivity index (χ1n) is 2.97. The van der Waals surface area contributed by atoms with Gasteiger partial charge in [-0.15, -0.1) is 0 Å². The smallest absolute Gasteiger partial charge is 0.180 e. The van der Waals surface area contributed by atoms with Crippen molar-refractivity contribution in [3.63, 3.8) is 0 Å². The summed E-state index contributed by atoms with van der Waals surface area (Å²) in [5.41, 5.74) is 2.35. The molecule has 9 heavy (non-hydrogen) atoms. The molecule has 0 aromatic heterocycles. The molecule has 4 N–H and O–H groups in total. The molecule has 0 aromatic rings. The number of rotatable bonds is 2. The van der Waals surface area contributed by atoms with E-state index in [-0.39, 0.29) is 0 Å². The van der Waals surface area contributed by atoms with Crippen LogP contribution in [0.15, 0.2) is 0 Å². The molecule has 0 saturated heterocycles. The third kappa shape index (κ3) is 4.17. The molecule has 0 heterocycles. The van der Waals surface area contributed by atoms with E-state index in [4.69, 9.17) is 18.1 Å². The predicted molar refractivity (Wildman–Crippen MR) is 42.8 cm³/mol. The van der Waals surface area contributed by atoms with Crippen LogP contribution in [0.25, 0.3) is 0 Å². The topological polar surface area (TPSA) is 50.1 Å². The standard InChI is InChI=1S/C5H13N3S/c1-3-4(2)7-5(9)8-6/h4H,3,6H2,1-2H3,(H2,7,8,9). The summed E-state index contributed by atoms with van der Waals surface area (Å²) in [5.74, 6) is 5.02. The van der Waals surface area contributed by atoms with Gasteiger partial charge in [0.05, 0.1) is 0 Å². The van der Waals surface area contributed by atoms with E-state index in [0.29, 0.717) is 11.2 Å². The second-order valence-electron chi connectivity index (χ2n) is 1.93. The van der Waals surface area contributed by atoms with E-state index >= 15 is 0 Å². The Morgan fingerprint density at radius 2 is 2.33 bits per heavy atom. The average Bonchev–Trinajstić information content (AvgIpc) is 1.87. The van der Waals surface area contributed by atoms with E-state index in [9.17, 15) is 0 Å². The van der Waals surface area contributed by atoms with E-state index < -0.39 is 0 Å². The van der Waals surface area contributed by atoms with Gasteiger partial charge in [0.15, 0.2) is 5.11 Å². The molecule has 0 spiro atoms. The normalized spacial score (nSPS) is 12.3. The zero-order valence-corrected chi connectivity index (χ0v) is 6.59. The third-order valence-corrected chi connectivity index (χ3v) is 1.36. The molecule has 0 saturated carbocycles. The number of nitrogens with one attached hydrogen (secondary N) is 2. The Morgan fingerprint density at radius 3 is 2.67 bits per heavy atom. The fraction of sp³-hybridized carbons (Fsp3) is 0.800. The van der Waals surface area contributed by atoms with Crippen molar-refractivity contribution in [2.45, 2.75) is 26.3 Å². The van der Waals surface area contributed by atoms with Gasteiger partial charge in [-0.1, -0.05) is 6.92 Å². The van der Waals surface area contributed by atoms with Crippen LogP contribution in [0.3, 0.4) is 0 Å². The molecule has 0 fully saturated rings. The Kier molecular flexibility index (Phi) is 4.35. The van der Waals surface area contributed by atoms with Crippen LogP contribution in [-0.4, -0.2) is 11.2 Å². The maximum absolute atomic E-state index is 5.02. The minimum Gasteiger partial charge on any atom is -0.359 e. The molecule has 0 aliphatic rings. The quantitative estimate of drug-likeness (QED) is 0.295. The summed E-state index contributed by atoms with van der Waals surface area (Å²) >= 11 is 4.75. The van der Waals surface area contributed by atoms with Gasteiger partial charge in [-0.25, -0.2) is 5.84 Å². The van der Waals surface area contributed by atoms with Crippen LogP contribution in [0, 0.1) is 0 Å². The number of hydrogen-bond acceptors (Lipinski definition) is 2. The van der Waals surface area contributed by atoms with Crippen molar-refractivity contribution in [3.05, 3.63) is 0 Å². The molecule has 54 valence electrons. The fourth-order valence-corrected chi connectivity index (χ4v) is 0.569. The van der Waals surface area contributed by atoms with E-state index in [2.05, 4.69) is 17.7 Å². The summed E-state index contributed by atoms with van der Waals surface area (Å²) in [5, 5.41) is 3.48. The van der Waals surface area contributed by atoms with Crippen LogP contribution >= 0.6 is 12.2 Å². The van der Waals surface area contributed by atoms with E-state index in [0.717, 1.165) is 6.42 Å². The van der Waals surface area contributed by atoms with Crippen LogP contribution in [0.2, 0.25) is 0 Å². The minimum atomic E-state index is 0.397. The molecule has 0 aliphatic heterocycles.